The van der Waals surface area contributed by atoms with Crippen LogP contribution in [-0.2, 0) is 4.79 Å². The van der Waals surface area contributed by atoms with Crippen LogP contribution in [0, 0.1) is 12.8 Å². The van der Waals surface area contributed by atoms with Crippen LogP contribution in [0.1, 0.15) is 18.4 Å². The molecular weight excluding hydrogens is 302 g/mol. The van der Waals surface area contributed by atoms with Crippen molar-refractivity contribution < 1.29 is 9.32 Å². The number of nitrogens with zero attached hydrogens (tertiary/aromatic N) is 2. The lowest BCUT2D eigenvalue weighted by Gasteiger charge is -2.04. The average Bonchev–Trinajstić information content (AvgIpc) is 3.32. The Morgan fingerprint density at radius 1 is 1.12 bits per heavy atom. The summed E-state index contributed by atoms with van der Waals surface area (Å²) in [6.07, 6.45) is 1.96. The minimum atomic E-state index is 0.0816. The van der Waals surface area contributed by atoms with E-state index in [0.29, 0.717) is 11.7 Å². The number of anilines is 1. The summed E-state index contributed by atoms with van der Waals surface area (Å²) in [5.74, 6) is 1.25. The molecule has 0 bridgehead atoms. The minimum absolute atomic E-state index is 0.0816. The maximum atomic E-state index is 11.9. The molecule has 0 atom stereocenters. The maximum Gasteiger partial charge on any atom is 0.258 e. The molecule has 1 heterocycles. The van der Waals surface area contributed by atoms with Crippen LogP contribution >= 0.6 is 0 Å². The van der Waals surface area contributed by atoms with Crippen LogP contribution in [-0.4, -0.2) is 16.0 Å². The summed E-state index contributed by atoms with van der Waals surface area (Å²) in [6.45, 7) is 2.02. The molecule has 5 nitrogen and oxygen atoms in total. The van der Waals surface area contributed by atoms with Crippen molar-refractivity contribution in [1.29, 1.82) is 0 Å². The Morgan fingerprint density at radius 3 is 2.71 bits per heavy atom. The third-order valence-electron chi connectivity index (χ3n) is 4.03. The standard InChI is InChI=1S/C19H17N3O2/c1-12-4-2-5-14(10-12)17-21-19(24-22-17)15-6-3-7-16(11-15)20-18(23)13-8-9-13/h2-7,10-11,13H,8-9H2,1H3,(H,20,23). The minimum Gasteiger partial charge on any atom is -0.334 e. The summed E-state index contributed by atoms with van der Waals surface area (Å²) in [5, 5.41) is 6.99. The molecule has 24 heavy (non-hydrogen) atoms. The topological polar surface area (TPSA) is 68.0 Å². The second kappa shape index (κ2) is 5.92. The van der Waals surface area contributed by atoms with Crippen LogP contribution in [0.25, 0.3) is 22.8 Å². The second-order valence-corrected chi connectivity index (χ2v) is 6.14. The highest BCUT2D eigenvalue weighted by Gasteiger charge is 2.29. The SMILES string of the molecule is Cc1cccc(-c2noc(-c3cccc(NC(=O)C4CC4)c3)n2)c1. The van der Waals surface area contributed by atoms with E-state index < -0.39 is 0 Å². The first-order valence-corrected chi connectivity index (χ1v) is 8.01. The number of hydrogen-bond acceptors (Lipinski definition) is 4. The van der Waals surface area contributed by atoms with Crippen LogP contribution in [0.2, 0.25) is 0 Å². The number of carbonyl (C=O) groups is 1. The predicted molar refractivity (Wildman–Crippen MR) is 91.3 cm³/mol. The zero-order valence-corrected chi connectivity index (χ0v) is 13.3. The summed E-state index contributed by atoms with van der Waals surface area (Å²) in [7, 11) is 0. The average molecular weight is 319 g/mol. The molecule has 120 valence electrons. The molecule has 5 heteroatoms. The van der Waals surface area contributed by atoms with Crippen molar-refractivity contribution >= 4 is 11.6 Å². The van der Waals surface area contributed by atoms with Gasteiger partial charge in [0.1, 0.15) is 0 Å². The van der Waals surface area contributed by atoms with E-state index >= 15 is 0 Å². The van der Waals surface area contributed by atoms with Gasteiger partial charge in [0.15, 0.2) is 0 Å². The van der Waals surface area contributed by atoms with Gasteiger partial charge in [-0.3, -0.25) is 4.79 Å². The molecule has 3 aromatic rings. The molecule has 4 rings (SSSR count). The van der Waals surface area contributed by atoms with Crippen LogP contribution in [0.3, 0.4) is 0 Å². The molecule has 2 aromatic carbocycles. The summed E-state index contributed by atoms with van der Waals surface area (Å²) in [4.78, 5) is 16.4. The van der Waals surface area contributed by atoms with Gasteiger partial charge in [0.05, 0.1) is 0 Å². The van der Waals surface area contributed by atoms with Gasteiger partial charge in [-0.1, -0.05) is 35.0 Å². The van der Waals surface area contributed by atoms with Gasteiger partial charge in [-0.25, -0.2) is 0 Å². The quantitative estimate of drug-likeness (QED) is 0.787. The zero-order valence-electron chi connectivity index (χ0n) is 13.3. The lowest BCUT2D eigenvalue weighted by atomic mass is 10.1. The predicted octanol–water partition coefficient (Wildman–Crippen LogP) is 4.06. The Bertz CT molecular complexity index is 897. The van der Waals surface area contributed by atoms with Gasteiger partial charge in [0.25, 0.3) is 5.89 Å². The van der Waals surface area contributed by atoms with E-state index in [1.807, 2.05) is 55.5 Å². The zero-order chi connectivity index (χ0) is 16.5. The van der Waals surface area contributed by atoms with E-state index in [0.717, 1.165) is 35.2 Å². The van der Waals surface area contributed by atoms with Gasteiger partial charge in [-0.15, -0.1) is 0 Å². The highest BCUT2D eigenvalue weighted by Crippen LogP contribution is 2.31. The highest BCUT2D eigenvalue weighted by atomic mass is 16.5. The smallest absolute Gasteiger partial charge is 0.258 e. The van der Waals surface area contributed by atoms with E-state index in [1.165, 1.54) is 0 Å². The molecule has 1 fully saturated rings. The molecule has 1 aliphatic carbocycles. The molecule has 0 spiro atoms. The van der Waals surface area contributed by atoms with Crippen molar-refractivity contribution in [2.24, 2.45) is 5.92 Å². The number of hydrogen-bond donors (Lipinski definition) is 1. The van der Waals surface area contributed by atoms with Crippen molar-refractivity contribution in [3.05, 3.63) is 54.1 Å². The van der Waals surface area contributed by atoms with Crippen LogP contribution in [0.5, 0.6) is 0 Å². The van der Waals surface area contributed by atoms with Crippen LogP contribution in [0.4, 0.5) is 5.69 Å². The third-order valence-corrected chi connectivity index (χ3v) is 4.03. The second-order valence-electron chi connectivity index (χ2n) is 6.14. The van der Waals surface area contributed by atoms with Crippen molar-refractivity contribution in [2.75, 3.05) is 5.32 Å². The normalized spacial score (nSPS) is 13.7. The Morgan fingerprint density at radius 2 is 1.92 bits per heavy atom. The summed E-state index contributed by atoms with van der Waals surface area (Å²) in [6, 6.07) is 15.4. The lowest BCUT2D eigenvalue weighted by molar-refractivity contribution is -0.117. The van der Waals surface area contributed by atoms with Gasteiger partial charge >= 0.3 is 0 Å². The van der Waals surface area contributed by atoms with Gasteiger partial charge in [0, 0.05) is 22.7 Å². The number of aryl methyl sites for hydroxylation is 1. The van der Waals surface area contributed by atoms with Crippen molar-refractivity contribution in [2.45, 2.75) is 19.8 Å². The maximum absolute atomic E-state index is 11.9. The Labute approximate surface area is 139 Å². The number of aromatic nitrogens is 2. The molecule has 1 N–H and O–H groups in total. The van der Waals surface area contributed by atoms with Crippen molar-refractivity contribution in [1.82, 2.24) is 10.1 Å². The Balaban J connectivity index is 1.59. The van der Waals surface area contributed by atoms with E-state index in [2.05, 4.69) is 15.5 Å². The van der Waals surface area contributed by atoms with Crippen molar-refractivity contribution in [3.63, 3.8) is 0 Å². The van der Waals surface area contributed by atoms with Crippen LogP contribution in [0.15, 0.2) is 53.1 Å². The number of amides is 1. The molecule has 1 aromatic heterocycles. The fraction of sp³-hybridized carbons (Fsp3) is 0.211. The molecule has 1 aliphatic rings. The van der Waals surface area contributed by atoms with E-state index in [-0.39, 0.29) is 11.8 Å². The Kier molecular flexibility index (Phi) is 3.61. The summed E-state index contributed by atoms with van der Waals surface area (Å²) >= 11 is 0. The molecule has 0 aliphatic heterocycles. The summed E-state index contributed by atoms with van der Waals surface area (Å²) in [5.41, 5.74) is 3.60. The first-order valence-electron chi connectivity index (χ1n) is 8.01. The monoisotopic (exact) mass is 319 g/mol. The molecule has 0 unspecified atom stereocenters. The van der Waals surface area contributed by atoms with Gasteiger partial charge in [0.2, 0.25) is 11.7 Å². The molecule has 1 saturated carbocycles. The summed E-state index contributed by atoms with van der Waals surface area (Å²) < 4.78 is 5.39. The van der Waals surface area contributed by atoms with E-state index in [9.17, 15) is 4.79 Å². The van der Waals surface area contributed by atoms with Crippen molar-refractivity contribution in [3.8, 4) is 22.8 Å². The fourth-order valence-corrected chi connectivity index (χ4v) is 2.56. The molecule has 1 amide bonds. The lowest BCUT2D eigenvalue weighted by Crippen LogP contribution is -2.13. The third kappa shape index (κ3) is 3.06. The van der Waals surface area contributed by atoms with Crippen LogP contribution < -0.4 is 5.32 Å². The van der Waals surface area contributed by atoms with Gasteiger partial charge in [-0.05, 0) is 44.0 Å². The first-order chi connectivity index (χ1) is 11.7. The largest absolute Gasteiger partial charge is 0.334 e. The number of benzene rings is 2. The number of carbonyl (C=O) groups excluding carboxylic acids is 1. The fourth-order valence-electron chi connectivity index (χ4n) is 2.56. The van der Waals surface area contributed by atoms with E-state index in [4.69, 9.17) is 4.52 Å². The first kappa shape index (κ1) is 14.6. The molecule has 0 saturated heterocycles. The van der Waals surface area contributed by atoms with Gasteiger partial charge in [-0.2, -0.15) is 4.98 Å². The number of nitrogens with one attached hydrogen (secondary N) is 1. The van der Waals surface area contributed by atoms with E-state index in [1.54, 1.807) is 0 Å². The Hall–Kier alpha value is -2.95. The highest BCUT2D eigenvalue weighted by molar-refractivity contribution is 5.94. The molecular formula is C19H17N3O2. The molecule has 0 radical (unpaired) electrons. The number of rotatable bonds is 4. The van der Waals surface area contributed by atoms with Gasteiger partial charge < -0.3 is 9.84 Å².